The molecule has 0 aromatic rings. The van der Waals surface area contributed by atoms with Gasteiger partial charge in [-0.15, -0.1) is 11.8 Å². The Morgan fingerprint density at radius 2 is 2.21 bits per heavy atom. The molecule has 1 aliphatic heterocycles. The van der Waals surface area contributed by atoms with E-state index in [9.17, 15) is 0 Å². The highest BCUT2D eigenvalue weighted by atomic mass is 15.2. The van der Waals surface area contributed by atoms with Gasteiger partial charge in [0.1, 0.15) is 0 Å². The maximum Gasteiger partial charge on any atom is 0.0252 e. The summed E-state index contributed by atoms with van der Waals surface area (Å²) in [4.78, 5) is 2.52. The first-order valence-electron chi connectivity index (χ1n) is 5.51. The van der Waals surface area contributed by atoms with Crippen molar-refractivity contribution in [3.8, 4) is 11.8 Å². The molecule has 0 amide bonds. The molecular formula is C12H22N2. The Morgan fingerprint density at radius 3 is 2.93 bits per heavy atom. The normalized spacial score (nSPS) is 22.2. The summed E-state index contributed by atoms with van der Waals surface area (Å²) >= 11 is 0. The maximum absolute atomic E-state index is 3.56. The van der Waals surface area contributed by atoms with E-state index in [-0.39, 0.29) is 5.54 Å². The van der Waals surface area contributed by atoms with Gasteiger partial charge in [0.25, 0.3) is 0 Å². The van der Waals surface area contributed by atoms with Gasteiger partial charge in [-0.25, -0.2) is 0 Å². The molecule has 1 aliphatic rings. The first-order valence-corrected chi connectivity index (χ1v) is 5.51. The van der Waals surface area contributed by atoms with E-state index in [4.69, 9.17) is 0 Å². The first kappa shape index (κ1) is 11.6. The fourth-order valence-corrected chi connectivity index (χ4v) is 1.95. The number of nitrogens with zero attached hydrogens (tertiary/aromatic N) is 1. The van der Waals surface area contributed by atoms with Crippen molar-refractivity contribution in [3.63, 3.8) is 0 Å². The second-order valence-corrected chi connectivity index (χ2v) is 4.62. The topological polar surface area (TPSA) is 15.3 Å². The second kappa shape index (κ2) is 5.38. The summed E-state index contributed by atoms with van der Waals surface area (Å²) < 4.78 is 0. The molecule has 1 heterocycles. The molecule has 0 atom stereocenters. The van der Waals surface area contributed by atoms with Crippen molar-refractivity contribution >= 4 is 0 Å². The largest absolute Gasteiger partial charge is 0.310 e. The van der Waals surface area contributed by atoms with E-state index in [1.54, 1.807) is 0 Å². The van der Waals surface area contributed by atoms with Gasteiger partial charge in [-0.2, -0.15) is 0 Å². The van der Waals surface area contributed by atoms with Crippen LogP contribution in [0.15, 0.2) is 0 Å². The van der Waals surface area contributed by atoms with Gasteiger partial charge >= 0.3 is 0 Å². The number of rotatable bonds is 2. The summed E-state index contributed by atoms with van der Waals surface area (Å²) in [6.07, 6.45) is 2.26. The van der Waals surface area contributed by atoms with Gasteiger partial charge < -0.3 is 10.2 Å². The lowest BCUT2D eigenvalue weighted by Crippen LogP contribution is -2.46. The molecule has 0 saturated carbocycles. The predicted octanol–water partition coefficient (Wildman–Crippen LogP) is 1.47. The van der Waals surface area contributed by atoms with E-state index < -0.39 is 0 Å². The van der Waals surface area contributed by atoms with Gasteiger partial charge in [-0.05, 0) is 40.3 Å². The van der Waals surface area contributed by atoms with Crippen molar-refractivity contribution in [2.75, 3.05) is 26.2 Å². The molecule has 0 aliphatic carbocycles. The fraction of sp³-hybridized carbons (Fsp3) is 0.833. The van der Waals surface area contributed by atoms with E-state index in [1.807, 2.05) is 6.92 Å². The van der Waals surface area contributed by atoms with Crippen LogP contribution in [0.5, 0.6) is 0 Å². The predicted molar refractivity (Wildman–Crippen MR) is 61.2 cm³/mol. The monoisotopic (exact) mass is 194 g/mol. The van der Waals surface area contributed by atoms with Crippen LogP contribution in [0, 0.1) is 11.8 Å². The number of nitrogens with one attached hydrogen (secondary N) is 1. The van der Waals surface area contributed by atoms with Crippen molar-refractivity contribution < 1.29 is 0 Å². The lowest BCUT2D eigenvalue weighted by molar-refractivity contribution is 0.235. The van der Waals surface area contributed by atoms with Gasteiger partial charge in [0, 0.05) is 25.0 Å². The Morgan fingerprint density at radius 1 is 1.43 bits per heavy atom. The minimum absolute atomic E-state index is 0.260. The zero-order chi connectivity index (χ0) is 10.4. The summed E-state index contributed by atoms with van der Waals surface area (Å²) in [7, 11) is 0. The molecule has 1 N–H and O–H groups in total. The molecule has 0 bridgehead atoms. The quantitative estimate of drug-likeness (QED) is 0.670. The standard InChI is InChI=1S/C12H22N2/c1-4-5-6-9-14-10-7-8-13-12(2,3)11-14/h13H,6-11H2,1-3H3. The van der Waals surface area contributed by atoms with Crippen LogP contribution >= 0.6 is 0 Å². The Labute approximate surface area is 88.1 Å². The van der Waals surface area contributed by atoms with Gasteiger partial charge in [0.15, 0.2) is 0 Å². The minimum Gasteiger partial charge on any atom is -0.310 e. The molecule has 0 aromatic heterocycles. The average Bonchev–Trinajstić information content (AvgIpc) is 2.27. The van der Waals surface area contributed by atoms with Crippen molar-refractivity contribution in [3.05, 3.63) is 0 Å². The first-order chi connectivity index (χ1) is 6.64. The second-order valence-electron chi connectivity index (χ2n) is 4.62. The van der Waals surface area contributed by atoms with Crippen LogP contribution in [0.3, 0.4) is 0 Å². The number of hydrogen-bond donors (Lipinski definition) is 1. The lowest BCUT2D eigenvalue weighted by atomic mass is 10.1. The highest BCUT2D eigenvalue weighted by molar-refractivity contribution is 4.96. The molecule has 80 valence electrons. The summed E-state index contributed by atoms with van der Waals surface area (Å²) in [6.45, 7) is 11.1. The lowest BCUT2D eigenvalue weighted by Gasteiger charge is -2.29. The van der Waals surface area contributed by atoms with Crippen LogP contribution in [0.4, 0.5) is 0 Å². The molecule has 1 saturated heterocycles. The zero-order valence-corrected chi connectivity index (χ0v) is 9.69. The number of hydrogen-bond acceptors (Lipinski definition) is 2. The summed E-state index contributed by atoms with van der Waals surface area (Å²) in [5, 5.41) is 3.56. The molecule has 0 spiro atoms. The van der Waals surface area contributed by atoms with Crippen LogP contribution in [0.25, 0.3) is 0 Å². The van der Waals surface area contributed by atoms with E-state index in [1.165, 1.54) is 13.0 Å². The zero-order valence-electron chi connectivity index (χ0n) is 9.69. The Bertz CT molecular complexity index is 222. The van der Waals surface area contributed by atoms with E-state index in [0.717, 1.165) is 26.1 Å². The molecule has 0 aromatic carbocycles. The fourth-order valence-electron chi connectivity index (χ4n) is 1.95. The average molecular weight is 194 g/mol. The van der Waals surface area contributed by atoms with Gasteiger partial charge in [0.2, 0.25) is 0 Å². The highest BCUT2D eigenvalue weighted by Crippen LogP contribution is 2.10. The molecular weight excluding hydrogens is 172 g/mol. The van der Waals surface area contributed by atoms with E-state index >= 15 is 0 Å². The smallest absolute Gasteiger partial charge is 0.0252 e. The third-order valence-electron chi connectivity index (χ3n) is 2.60. The highest BCUT2D eigenvalue weighted by Gasteiger charge is 2.23. The van der Waals surface area contributed by atoms with Crippen LogP contribution in [0.2, 0.25) is 0 Å². The van der Waals surface area contributed by atoms with E-state index in [2.05, 4.69) is 35.9 Å². The summed E-state index contributed by atoms with van der Waals surface area (Å²) in [5.74, 6) is 6.08. The summed E-state index contributed by atoms with van der Waals surface area (Å²) in [6, 6.07) is 0. The molecule has 1 rings (SSSR count). The van der Waals surface area contributed by atoms with Gasteiger partial charge in [-0.1, -0.05) is 0 Å². The Hall–Kier alpha value is -0.520. The molecule has 14 heavy (non-hydrogen) atoms. The summed E-state index contributed by atoms with van der Waals surface area (Å²) in [5.41, 5.74) is 0.260. The Balaban J connectivity index is 2.38. The maximum atomic E-state index is 3.56. The molecule has 2 heteroatoms. The third-order valence-corrected chi connectivity index (χ3v) is 2.60. The van der Waals surface area contributed by atoms with Crippen molar-refractivity contribution in [2.45, 2.75) is 39.2 Å². The molecule has 1 fully saturated rings. The van der Waals surface area contributed by atoms with Crippen LogP contribution < -0.4 is 5.32 Å². The van der Waals surface area contributed by atoms with Gasteiger partial charge in [-0.3, -0.25) is 0 Å². The SMILES string of the molecule is CC#CCCN1CCCNC(C)(C)C1. The van der Waals surface area contributed by atoms with Crippen LogP contribution in [-0.4, -0.2) is 36.6 Å². The molecule has 0 radical (unpaired) electrons. The molecule has 2 nitrogen and oxygen atoms in total. The van der Waals surface area contributed by atoms with E-state index in [0.29, 0.717) is 0 Å². The third kappa shape index (κ3) is 4.13. The van der Waals surface area contributed by atoms with Crippen LogP contribution in [-0.2, 0) is 0 Å². The van der Waals surface area contributed by atoms with Gasteiger partial charge in [0.05, 0.1) is 0 Å². The Kier molecular flexibility index (Phi) is 4.44. The van der Waals surface area contributed by atoms with Crippen molar-refractivity contribution in [2.24, 2.45) is 0 Å². The minimum atomic E-state index is 0.260. The van der Waals surface area contributed by atoms with Crippen molar-refractivity contribution in [1.82, 2.24) is 10.2 Å². The van der Waals surface area contributed by atoms with Crippen LogP contribution in [0.1, 0.15) is 33.6 Å². The molecule has 0 unspecified atom stereocenters. The van der Waals surface area contributed by atoms with Crippen molar-refractivity contribution in [1.29, 1.82) is 0 Å².